The molecule has 0 bridgehead atoms. The zero-order valence-electron chi connectivity index (χ0n) is 17.9. The molecule has 2 saturated heterocycles. The zero-order valence-corrected chi connectivity index (χ0v) is 17.9. The summed E-state index contributed by atoms with van der Waals surface area (Å²) in [7, 11) is 3.19. The van der Waals surface area contributed by atoms with Gasteiger partial charge in [0, 0.05) is 25.0 Å². The van der Waals surface area contributed by atoms with Crippen molar-refractivity contribution in [3.63, 3.8) is 0 Å². The van der Waals surface area contributed by atoms with E-state index in [4.69, 9.17) is 9.47 Å². The maximum atomic E-state index is 13.5. The van der Waals surface area contributed by atoms with Gasteiger partial charge in [0.25, 0.3) is 5.91 Å². The second kappa shape index (κ2) is 7.72. The highest BCUT2D eigenvalue weighted by Gasteiger charge is 2.49. The summed E-state index contributed by atoms with van der Waals surface area (Å²) in [4.78, 5) is 26.8. The topological polar surface area (TPSA) is 67.8 Å². The van der Waals surface area contributed by atoms with Gasteiger partial charge in [-0.1, -0.05) is 12.1 Å². The number of piperidine rings is 1. The molecule has 3 aromatic rings. The Morgan fingerprint density at radius 1 is 1.03 bits per heavy atom. The van der Waals surface area contributed by atoms with Crippen LogP contribution in [-0.4, -0.2) is 60.2 Å². The van der Waals surface area contributed by atoms with E-state index in [1.807, 2.05) is 23.1 Å². The van der Waals surface area contributed by atoms with Crippen molar-refractivity contribution >= 4 is 22.6 Å². The molecule has 0 radical (unpaired) electrons. The molecule has 0 saturated carbocycles. The second-order valence-corrected chi connectivity index (χ2v) is 8.24. The maximum Gasteiger partial charge on any atom is 0.257 e. The first-order valence-electron chi connectivity index (χ1n) is 10.6. The molecule has 2 aromatic carbocycles. The average molecular weight is 418 g/mol. The largest absolute Gasteiger partial charge is 0.497 e. The van der Waals surface area contributed by atoms with Crippen molar-refractivity contribution in [1.29, 1.82) is 0 Å². The van der Waals surface area contributed by atoms with E-state index in [1.54, 1.807) is 38.7 Å². The molecule has 160 valence electrons. The molecule has 0 unspecified atom stereocenters. The predicted molar refractivity (Wildman–Crippen MR) is 119 cm³/mol. The number of likely N-dealkylation sites (tertiary alicyclic amines) is 1. The van der Waals surface area contributed by atoms with Gasteiger partial charge < -0.3 is 19.3 Å². The summed E-state index contributed by atoms with van der Waals surface area (Å²) >= 11 is 0. The standard InChI is InChI=1S/C24H26N4O3/c1-30-17-8-9-21(31-2)19(14-17)23(29)27-12-5-10-24(15-27)11-13-28(24)22-18-6-3-4-7-20(18)25-16-26-22/h3-4,6-9,14,16H,5,10-13,15H2,1-2H3/t24-/m1/s1. The van der Waals surface area contributed by atoms with Crippen LogP contribution in [0.15, 0.2) is 48.8 Å². The molecule has 3 heterocycles. The van der Waals surface area contributed by atoms with E-state index in [1.165, 1.54) is 0 Å². The first-order valence-corrected chi connectivity index (χ1v) is 10.6. The van der Waals surface area contributed by atoms with Gasteiger partial charge in [0.1, 0.15) is 23.6 Å². The highest BCUT2D eigenvalue weighted by molar-refractivity contribution is 5.97. The molecular weight excluding hydrogens is 392 g/mol. The first-order chi connectivity index (χ1) is 15.1. The van der Waals surface area contributed by atoms with Gasteiger partial charge in [-0.05, 0) is 49.6 Å². The van der Waals surface area contributed by atoms with E-state index >= 15 is 0 Å². The number of rotatable bonds is 4. The molecule has 1 spiro atoms. The second-order valence-electron chi connectivity index (χ2n) is 8.24. The van der Waals surface area contributed by atoms with Gasteiger partial charge >= 0.3 is 0 Å². The Labute approximate surface area is 181 Å². The third-order valence-electron chi connectivity index (χ3n) is 6.63. The Hall–Kier alpha value is -3.35. The summed E-state index contributed by atoms with van der Waals surface area (Å²) in [6.07, 6.45) is 4.68. The van der Waals surface area contributed by atoms with Crippen LogP contribution >= 0.6 is 0 Å². The molecule has 1 atom stereocenters. The smallest absolute Gasteiger partial charge is 0.257 e. The number of anilines is 1. The normalized spacial score (nSPS) is 20.6. The summed E-state index contributed by atoms with van der Waals surface area (Å²) in [5.74, 6) is 2.16. The molecular formula is C24H26N4O3. The van der Waals surface area contributed by atoms with Crippen LogP contribution in [0.2, 0.25) is 0 Å². The Kier molecular flexibility index (Phi) is 4.88. The number of aromatic nitrogens is 2. The molecule has 5 rings (SSSR count). The van der Waals surface area contributed by atoms with E-state index in [-0.39, 0.29) is 11.4 Å². The number of nitrogens with zero attached hydrogens (tertiary/aromatic N) is 4. The minimum atomic E-state index is -0.0862. The number of carbonyl (C=O) groups excluding carboxylic acids is 1. The molecule has 0 N–H and O–H groups in total. The zero-order chi connectivity index (χ0) is 21.4. The van der Waals surface area contributed by atoms with Crippen LogP contribution in [0, 0.1) is 0 Å². The molecule has 2 aliphatic heterocycles. The van der Waals surface area contributed by atoms with Crippen molar-refractivity contribution in [1.82, 2.24) is 14.9 Å². The molecule has 7 nitrogen and oxygen atoms in total. The van der Waals surface area contributed by atoms with Gasteiger partial charge in [-0.25, -0.2) is 9.97 Å². The lowest BCUT2D eigenvalue weighted by molar-refractivity contribution is 0.0559. The van der Waals surface area contributed by atoms with Crippen molar-refractivity contribution < 1.29 is 14.3 Å². The Bertz CT molecular complexity index is 1130. The summed E-state index contributed by atoms with van der Waals surface area (Å²) in [5, 5.41) is 1.06. The lowest BCUT2D eigenvalue weighted by Crippen LogP contribution is -2.68. The molecule has 7 heteroatoms. The number of fused-ring (bicyclic) bond motifs is 1. The maximum absolute atomic E-state index is 13.5. The van der Waals surface area contributed by atoms with Crippen molar-refractivity contribution in [2.75, 3.05) is 38.8 Å². The SMILES string of the molecule is COc1ccc(OC)c(C(=O)N2CCC[C@@]3(CCN3c3ncnc4ccccc34)C2)c1. The Morgan fingerprint density at radius 3 is 2.68 bits per heavy atom. The van der Waals surface area contributed by atoms with E-state index < -0.39 is 0 Å². The van der Waals surface area contributed by atoms with Gasteiger partial charge in [0.05, 0.1) is 30.8 Å². The molecule has 0 aliphatic carbocycles. The van der Waals surface area contributed by atoms with E-state index in [0.29, 0.717) is 23.6 Å². The fourth-order valence-corrected chi connectivity index (χ4v) is 4.94. The molecule has 1 amide bonds. The van der Waals surface area contributed by atoms with Crippen LogP contribution in [0.5, 0.6) is 11.5 Å². The number of para-hydroxylation sites is 1. The molecule has 2 fully saturated rings. The van der Waals surface area contributed by atoms with Gasteiger partial charge in [0.2, 0.25) is 0 Å². The van der Waals surface area contributed by atoms with Crippen LogP contribution in [0.25, 0.3) is 10.9 Å². The van der Waals surface area contributed by atoms with Gasteiger partial charge in [-0.3, -0.25) is 4.79 Å². The van der Waals surface area contributed by atoms with Crippen LogP contribution in [-0.2, 0) is 0 Å². The average Bonchev–Trinajstić information content (AvgIpc) is 2.82. The van der Waals surface area contributed by atoms with Gasteiger partial charge in [-0.15, -0.1) is 0 Å². The number of hydrogen-bond donors (Lipinski definition) is 0. The predicted octanol–water partition coefficient (Wildman–Crippen LogP) is 3.53. The van der Waals surface area contributed by atoms with E-state index in [2.05, 4.69) is 20.9 Å². The van der Waals surface area contributed by atoms with Crippen LogP contribution in [0.4, 0.5) is 5.82 Å². The fraction of sp³-hybridized carbons (Fsp3) is 0.375. The van der Waals surface area contributed by atoms with E-state index in [9.17, 15) is 4.79 Å². The first kappa shape index (κ1) is 19.6. The number of methoxy groups -OCH3 is 2. The lowest BCUT2D eigenvalue weighted by Gasteiger charge is -2.57. The molecule has 2 aliphatic rings. The minimum Gasteiger partial charge on any atom is -0.497 e. The Morgan fingerprint density at radius 2 is 1.90 bits per heavy atom. The fourth-order valence-electron chi connectivity index (χ4n) is 4.94. The number of hydrogen-bond acceptors (Lipinski definition) is 6. The quantitative estimate of drug-likeness (QED) is 0.646. The van der Waals surface area contributed by atoms with Crippen molar-refractivity contribution in [3.05, 3.63) is 54.4 Å². The summed E-state index contributed by atoms with van der Waals surface area (Å²) in [6.45, 7) is 2.34. The third kappa shape index (κ3) is 3.24. The van der Waals surface area contributed by atoms with Gasteiger partial charge in [-0.2, -0.15) is 0 Å². The van der Waals surface area contributed by atoms with Gasteiger partial charge in [0.15, 0.2) is 0 Å². The summed E-state index contributed by atoms with van der Waals surface area (Å²) in [5.41, 5.74) is 1.40. The monoisotopic (exact) mass is 418 g/mol. The highest BCUT2D eigenvalue weighted by atomic mass is 16.5. The van der Waals surface area contributed by atoms with Crippen molar-refractivity contribution in [2.45, 2.75) is 24.8 Å². The van der Waals surface area contributed by atoms with Crippen LogP contribution in [0.1, 0.15) is 29.6 Å². The number of ether oxygens (including phenoxy) is 2. The highest BCUT2D eigenvalue weighted by Crippen LogP contribution is 2.43. The lowest BCUT2D eigenvalue weighted by atomic mass is 9.77. The van der Waals surface area contributed by atoms with Crippen LogP contribution < -0.4 is 14.4 Å². The number of amides is 1. The summed E-state index contributed by atoms with van der Waals surface area (Å²) in [6, 6.07) is 13.5. The Balaban J connectivity index is 1.45. The molecule has 31 heavy (non-hydrogen) atoms. The van der Waals surface area contributed by atoms with Crippen molar-refractivity contribution in [3.8, 4) is 11.5 Å². The summed E-state index contributed by atoms with van der Waals surface area (Å²) < 4.78 is 10.8. The number of benzene rings is 2. The minimum absolute atomic E-state index is 0.0192. The van der Waals surface area contributed by atoms with Crippen LogP contribution in [0.3, 0.4) is 0 Å². The molecule has 1 aromatic heterocycles. The van der Waals surface area contributed by atoms with E-state index in [0.717, 1.165) is 49.1 Å². The number of carbonyl (C=O) groups is 1. The third-order valence-corrected chi connectivity index (χ3v) is 6.63. The van der Waals surface area contributed by atoms with Crippen molar-refractivity contribution in [2.24, 2.45) is 0 Å².